The normalized spacial score (nSPS) is 17.4. The number of nitrogens with zero attached hydrogens (tertiary/aromatic N) is 2. The van der Waals surface area contributed by atoms with Gasteiger partial charge in [0, 0.05) is 19.0 Å². The van der Waals surface area contributed by atoms with Crippen LogP contribution in [0.1, 0.15) is 29.5 Å². The lowest BCUT2D eigenvalue weighted by atomic mass is 10.1. The summed E-state index contributed by atoms with van der Waals surface area (Å²) >= 11 is 0. The Morgan fingerprint density at radius 2 is 2.42 bits per heavy atom. The number of hydrogen-bond donors (Lipinski definition) is 1. The molecule has 0 radical (unpaired) electrons. The van der Waals surface area contributed by atoms with Gasteiger partial charge in [-0.2, -0.15) is 4.98 Å². The Morgan fingerprint density at radius 3 is 3.21 bits per heavy atom. The van der Waals surface area contributed by atoms with Gasteiger partial charge in [-0.15, -0.1) is 0 Å². The largest absolute Gasteiger partial charge is 0.497 e. The third kappa shape index (κ3) is 2.61. The van der Waals surface area contributed by atoms with E-state index in [-0.39, 0.29) is 0 Å². The van der Waals surface area contributed by atoms with Crippen LogP contribution in [0.4, 0.5) is 0 Å². The van der Waals surface area contributed by atoms with Gasteiger partial charge in [-0.3, -0.25) is 0 Å². The lowest BCUT2D eigenvalue weighted by Crippen LogP contribution is -2.22. The molecule has 100 valence electrons. The molecule has 1 N–H and O–H groups in total. The Kier molecular flexibility index (Phi) is 3.46. The van der Waals surface area contributed by atoms with E-state index >= 15 is 0 Å². The number of aromatic nitrogens is 2. The van der Waals surface area contributed by atoms with Crippen molar-refractivity contribution in [3.8, 4) is 5.75 Å². The number of aryl methyl sites for hydroxylation is 1. The molecule has 19 heavy (non-hydrogen) atoms. The highest BCUT2D eigenvalue weighted by Gasteiger charge is 2.22. The summed E-state index contributed by atoms with van der Waals surface area (Å²) in [5, 5.41) is 7.14. The fourth-order valence-electron chi connectivity index (χ4n) is 2.58. The lowest BCUT2D eigenvalue weighted by Gasteiger charge is -2.14. The van der Waals surface area contributed by atoms with Crippen LogP contribution in [0.5, 0.6) is 5.75 Å². The number of ether oxygens (including phenoxy) is 1. The molecule has 0 amide bonds. The number of fused-ring (bicyclic) bond motifs is 1. The SMILES string of the molecule is COc1ccc2c(c1)C(NCCc1ncno1)CC2. The molecule has 0 spiro atoms. The molecule has 0 saturated carbocycles. The van der Waals surface area contributed by atoms with E-state index < -0.39 is 0 Å². The van der Waals surface area contributed by atoms with E-state index in [1.54, 1.807) is 7.11 Å². The molecule has 1 aromatic carbocycles. The molecular formula is C14H17N3O2. The van der Waals surface area contributed by atoms with Crippen molar-refractivity contribution < 1.29 is 9.26 Å². The van der Waals surface area contributed by atoms with Crippen LogP contribution >= 0.6 is 0 Å². The smallest absolute Gasteiger partial charge is 0.227 e. The first kappa shape index (κ1) is 12.2. The van der Waals surface area contributed by atoms with Gasteiger partial charge < -0.3 is 14.6 Å². The van der Waals surface area contributed by atoms with Gasteiger partial charge in [0.1, 0.15) is 5.75 Å². The summed E-state index contributed by atoms with van der Waals surface area (Å²) in [6.07, 6.45) is 4.45. The van der Waals surface area contributed by atoms with Crippen LogP contribution in [0.3, 0.4) is 0 Å². The van der Waals surface area contributed by atoms with E-state index in [0.717, 1.165) is 31.6 Å². The fraction of sp³-hybridized carbons (Fsp3) is 0.429. The van der Waals surface area contributed by atoms with Crippen LogP contribution in [0.2, 0.25) is 0 Å². The summed E-state index contributed by atoms with van der Waals surface area (Å²) in [4.78, 5) is 4.01. The van der Waals surface area contributed by atoms with Gasteiger partial charge in [0.05, 0.1) is 7.11 Å². The number of rotatable bonds is 5. The summed E-state index contributed by atoms with van der Waals surface area (Å²) in [6, 6.07) is 6.72. The minimum Gasteiger partial charge on any atom is -0.497 e. The zero-order valence-corrected chi connectivity index (χ0v) is 10.9. The zero-order valence-electron chi connectivity index (χ0n) is 10.9. The van der Waals surface area contributed by atoms with Crippen LogP contribution in [-0.4, -0.2) is 23.8 Å². The third-order valence-electron chi connectivity index (χ3n) is 3.57. The van der Waals surface area contributed by atoms with Gasteiger partial charge in [-0.05, 0) is 36.1 Å². The Morgan fingerprint density at radius 1 is 1.47 bits per heavy atom. The maximum absolute atomic E-state index is 5.29. The van der Waals surface area contributed by atoms with E-state index in [0.29, 0.717) is 11.9 Å². The average Bonchev–Trinajstić information content (AvgIpc) is 3.08. The van der Waals surface area contributed by atoms with Crippen LogP contribution in [-0.2, 0) is 12.8 Å². The van der Waals surface area contributed by atoms with E-state index in [9.17, 15) is 0 Å². The van der Waals surface area contributed by atoms with Gasteiger partial charge in [-0.1, -0.05) is 11.2 Å². The first-order valence-electron chi connectivity index (χ1n) is 6.52. The molecule has 1 aliphatic carbocycles. The molecule has 2 aromatic rings. The minimum absolute atomic E-state index is 0.396. The summed E-state index contributed by atoms with van der Waals surface area (Å²) < 4.78 is 10.3. The van der Waals surface area contributed by atoms with Crippen LogP contribution in [0.15, 0.2) is 29.0 Å². The van der Waals surface area contributed by atoms with Crippen molar-refractivity contribution in [2.75, 3.05) is 13.7 Å². The molecule has 5 nitrogen and oxygen atoms in total. The number of methoxy groups -OCH3 is 1. The van der Waals surface area contributed by atoms with Crippen molar-refractivity contribution in [3.05, 3.63) is 41.5 Å². The highest BCUT2D eigenvalue weighted by atomic mass is 16.5. The van der Waals surface area contributed by atoms with Gasteiger partial charge in [0.25, 0.3) is 0 Å². The molecule has 1 aliphatic rings. The molecule has 0 aliphatic heterocycles. The predicted molar refractivity (Wildman–Crippen MR) is 70.1 cm³/mol. The van der Waals surface area contributed by atoms with E-state index in [4.69, 9.17) is 9.26 Å². The number of hydrogen-bond acceptors (Lipinski definition) is 5. The van der Waals surface area contributed by atoms with Crippen molar-refractivity contribution in [2.45, 2.75) is 25.3 Å². The highest BCUT2D eigenvalue weighted by Crippen LogP contribution is 2.33. The first-order valence-corrected chi connectivity index (χ1v) is 6.52. The second-order valence-electron chi connectivity index (χ2n) is 4.70. The molecule has 1 heterocycles. The summed E-state index contributed by atoms with van der Waals surface area (Å²) in [7, 11) is 1.70. The summed E-state index contributed by atoms with van der Waals surface area (Å²) in [5.74, 6) is 1.60. The molecule has 0 fully saturated rings. The Balaban J connectivity index is 1.62. The van der Waals surface area contributed by atoms with Crippen molar-refractivity contribution in [2.24, 2.45) is 0 Å². The second kappa shape index (κ2) is 5.40. The van der Waals surface area contributed by atoms with Crippen molar-refractivity contribution in [1.29, 1.82) is 0 Å². The molecular weight excluding hydrogens is 242 g/mol. The second-order valence-corrected chi connectivity index (χ2v) is 4.70. The van der Waals surface area contributed by atoms with E-state index in [1.165, 1.54) is 17.5 Å². The molecule has 1 atom stereocenters. The standard InChI is InChI=1S/C14H17N3O2/c1-18-11-4-2-10-3-5-13(12(10)8-11)15-7-6-14-16-9-17-19-14/h2,4,8-9,13,15H,3,5-7H2,1H3. The highest BCUT2D eigenvalue weighted by molar-refractivity contribution is 5.40. The van der Waals surface area contributed by atoms with Crippen LogP contribution in [0, 0.1) is 0 Å². The van der Waals surface area contributed by atoms with E-state index in [1.807, 2.05) is 6.07 Å². The molecule has 3 rings (SSSR count). The summed E-state index contributed by atoms with van der Waals surface area (Å²) in [6.45, 7) is 0.837. The molecule has 0 bridgehead atoms. The van der Waals surface area contributed by atoms with Crippen LogP contribution < -0.4 is 10.1 Å². The fourth-order valence-corrected chi connectivity index (χ4v) is 2.58. The quantitative estimate of drug-likeness (QED) is 0.888. The molecule has 1 aromatic heterocycles. The van der Waals surface area contributed by atoms with Gasteiger partial charge in [0.2, 0.25) is 5.89 Å². The maximum Gasteiger partial charge on any atom is 0.227 e. The average molecular weight is 259 g/mol. The monoisotopic (exact) mass is 259 g/mol. The topological polar surface area (TPSA) is 60.2 Å². The van der Waals surface area contributed by atoms with Crippen LogP contribution in [0.25, 0.3) is 0 Å². The van der Waals surface area contributed by atoms with Gasteiger partial charge in [-0.25, -0.2) is 0 Å². The molecule has 0 saturated heterocycles. The molecule has 5 heteroatoms. The first-order chi connectivity index (χ1) is 9.36. The Labute approximate surface area is 112 Å². The van der Waals surface area contributed by atoms with Gasteiger partial charge >= 0.3 is 0 Å². The van der Waals surface area contributed by atoms with Gasteiger partial charge in [0.15, 0.2) is 6.33 Å². The number of nitrogens with one attached hydrogen (secondary N) is 1. The van der Waals surface area contributed by atoms with E-state index in [2.05, 4.69) is 27.6 Å². The Hall–Kier alpha value is -1.88. The summed E-state index contributed by atoms with van der Waals surface area (Å²) in [5.41, 5.74) is 2.76. The van der Waals surface area contributed by atoms with Crippen molar-refractivity contribution in [3.63, 3.8) is 0 Å². The number of benzene rings is 1. The van der Waals surface area contributed by atoms with Crippen molar-refractivity contribution >= 4 is 0 Å². The third-order valence-corrected chi connectivity index (χ3v) is 3.57. The predicted octanol–water partition coefficient (Wildman–Crippen LogP) is 1.90. The molecule has 1 unspecified atom stereocenters. The Bertz CT molecular complexity index is 540. The zero-order chi connectivity index (χ0) is 13.1. The minimum atomic E-state index is 0.396. The lowest BCUT2D eigenvalue weighted by molar-refractivity contribution is 0.371. The van der Waals surface area contributed by atoms with Crippen molar-refractivity contribution in [1.82, 2.24) is 15.5 Å². The maximum atomic E-state index is 5.29.